The summed E-state index contributed by atoms with van der Waals surface area (Å²) in [6.45, 7) is 7.17. The van der Waals surface area contributed by atoms with Gasteiger partial charge in [0.05, 0.1) is 13.1 Å². The fourth-order valence-corrected chi connectivity index (χ4v) is 1.79. The van der Waals surface area contributed by atoms with E-state index in [1.807, 2.05) is 13.8 Å². The number of quaternary nitrogens is 1. The van der Waals surface area contributed by atoms with Crippen molar-refractivity contribution in [2.45, 2.75) is 27.0 Å². The van der Waals surface area contributed by atoms with Gasteiger partial charge in [0, 0.05) is 6.92 Å². The van der Waals surface area contributed by atoms with Crippen LogP contribution >= 0.6 is 11.6 Å². The molecule has 0 bridgehead atoms. The molecule has 0 aliphatic rings. The van der Waals surface area contributed by atoms with Crippen LogP contribution in [0.1, 0.15) is 20.8 Å². The highest BCUT2D eigenvalue weighted by Crippen LogP contribution is 2.15. The third kappa shape index (κ3) is 3.04. The number of hydrogen-bond acceptors (Lipinski definition) is 2. The largest absolute Gasteiger partial charge is 0.510 e. The summed E-state index contributed by atoms with van der Waals surface area (Å²) in [4.78, 5) is 10.3. The molecule has 1 N–H and O–H groups in total. The number of carbonyl (C=O) groups is 1. The van der Waals surface area contributed by atoms with Gasteiger partial charge in [0.25, 0.3) is 0 Å². The van der Waals surface area contributed by atoms with Gasteiger partial charge in [-0.3, -0.25) is 4.48 Å². The van der Waals surface area contributed by atoms with Crippen LogP contribution in [0.3, 0.4) is 0 Å². The van der Waals surface area contributed by atoms with Crippen molar-refractivity contribution in [3.8, 4) is 0 Å². The lowest BCUT2D eigenvalue weighted by Crippen LogP contribution is -2.54. The third-order valence-electron chi connectivity index (χ3n) is 2.54. The first kappa shape index (κ1) is 12.5. The van der Waals surface area contributed by atoms with E-state index in [0.29, 0.717) is 10.5 Å². The molecule has 0 heterocycles. The number of halogens is 1. The summed E-state index contributed by atoms with van der Waals surface area (Å²) in [5, 5.41) is 8.46. The standard InChI is InChI=1S/C8H16ClNO3/c1-4-10(5-2,6-9)7(3)13-8(11)12/h7H,4-6H2,1-3H3/p+1. The van der Waals surface area contributed by atoms with Crippen molar-refractivity contribution in [1.82, 2.24) is 0 Å². The predicted molar refractivity (Wildman–Crippen MR) is 50.6 cm³/mol. The zero-order valence-corrected chi connectivity index (χ0v) is 9.04. The number of nitrogens with zero attached hydrogens (tertiary/aromatic N) is 1. The molecule has 5 heteroatoms. The van der Waals surface area contributed by atoms with E-state index in [-0.39, 0.29) is 0 Å². The van der Waals surface area contributed by atoms with Crippen LogP contribution in [0.25, 0.3) is 0 Å². The minimum Gasteiger partial charge on any atom is -0.450 e. The second-order valence-corrected chi connectivity index (χ2v) is 3.19. The molecular formula is C8H17ClNO3+. The fraction of sp³-hybridized carbons (Fsp3) is 0.875. The first-order chi connectivity index (χ1) is 6.02. The zero-order valence-electron chi connectivity index (χ0n) is 8.29. The average molecular weight is 211 g/mol. The van der Waals surface area contributed by atoms with E-state index in [4.69, 9.17) is 21.4 Å². The van der Waals surface area contributed by atoms with E-state index in [9.17, 15) is 4.79 Å². The van der Waals surface area contributed by atoms with E-state index < -0.39 is 12.4 Å². The normalized spacial score (nSPS) is 13.8. The second kappa shape index (κ2) is 5.29. The Morgan fingerprint density at radius 1 is 1.54 bits per heavy atom. The van der Waals surface area contributed by atoms with Crippen LogP contribution in [0.15, 0.2) is 0 Å². The zero-order chi connectivity index (χ0) is 10.5. The average Bonchev–Trinajstić information content (AvgIpc) is 2.07. The van der Waals surface area contributed by atoms with E-state index in [0.717, 1.165) is 13.1 Å². The monoisotopic (exact) mass is 210 g/mol. The number of ether oxygens (including phenoxy) is 1. The highest BCUT2D eigenvalue weighted by atomic mass is 35.5. The van der Waals surface area contributed by atoms with Crippen molar-refractivity contribution in [3.63, 3.8) is 0 Å². The molecule has 1 atom stereocenters. The maximum absolute atomic E-state index is 10.3. The van der Waals surface area contributed by atoms with Crippen LogP contribution in [-0.4, -0.2) is 41.1 Å². The summed E-state index contributed by atoms with van der Waals surface area (Å²) in [7, 11) is 0. The molecule has 0 aliphatic carbocycles. The van der Waals surface area contributed by atoms with Crippen molar-refractivity contribution in [3.05, 3.63) is 0 Å². The van der Waals surface area contributed by atoms with Gasteiger partial charge in [-0.1, -0.05) is 11.6 Å². The second-order valence-electron chi connectivity index (χ2n) is 2.95. The van der Waals surface area contributed by atoms with Crippen molar-refractivity contribution in [2.75, 3.05) is 19.1 Å². The van der Waals surface area contributed by atoms with Crippen molar-refractivity contribution < 1.29 is 19.1 Å². The molecule has 78 valence electrons. The van der Waals surface area contributed by atoms with E-state index in [2.05, 4.69) is 0 Å². The van der Waals surface area contributed by atoms with Gasteiger partial charge in [-0.15, -0.1) is 0 Å². The molecule has 0 aromatic heterocycles. The van der Waals surface area contributed by atoms with Crippen LogP contribution in [0.2, 0.25) is 0 Å². The molecule has 0 fully saturated rings. The van der Waals surface area contributed by atoms with Gasteiger partial charge in [-0.2, -0.15) is 0 Å². The first-order valence-corrected chi connectivity index (χ1v) is 4.87. The highest BCUT2D eigenvalue weighted by molar-refractivity contribution is 6.17. The molecular weight excluding hydrogens is 194 g/mol. The molecule has 0 amide bonds. The van der Waals surface area contributed by atoms with Gasteiger partial charge >= 0.3 is 6.16 Å². The van der Waals surface area contributed by atoms with E-state index in [1.165, 1.54) is 0 Å². The van der Waals surface area contributed by atoms with Crippen LogP contribution < -0.4 is 0 Å². The summed E-state index contributed by atoms with van der Waals surface area (Å²) in [6, 6.07) is 0.363. The van der Waals surface area contributed by atoms with Gasteiger partial charge in [-0.05, 0) is 13.8 Å². The van der Waals surface area contributed by atoms with E-state index >= 15 is 0 Å². The summed E-state index contributed by atoms with van der Waals surface area (Å²) in [6.07, 6.45) is -1.66. The van der Waals surface area contributed by atoms with Crippen molar-refractivity contribution in [1.29, 1.82) is 0 Å². The number of hydrogen-bond donors (Lipinski definition) is 1. The molecule has 0 radical (unpaired) electrons. The van der Waals surface area contributed by atoms with Gasteiger partial charge in [0.1, 0.15) is 0 Å². The number of alkyl halides is 1. The molecule has 1 unspecified atom stereocenters. The lowest BCUT2D eigenvalue weighted by molar-refractivity contribution is -0.955. The van der Waals surface area contributed by atoms with Crippen molar-refractivity contribution >= 4 is 17.8 Å². The Morgan fingerprint density at radius 3 is 2.23 bits per heavy atom. The molecule has 0 saturated carbocycles. The Kier molecular flexibility index (Phi) is 5.10. The minimum absolute atomic E-state index is 0.363. The van der Waals surface area contributed by atoms with Crippen LogP contribution in [-0.2, 0) is 4.74 Å². The molecule has 0 spiro atoms. The smallest absolute Gasteiger partial charge is 0.450 e. The Labute approximate surface area is 83.6 Å². The topological polar surface area (TPSA) is 46.5 Å². The predicted octanol–water partition coefficient (Wildman–Crippen LogP) is 2.08. The Hall–Kier alpha value is -0.480. The SMILES string of the molecule is CC[N+](CC)(CCl)C(C)OC(=O)O. The minimum atomic E-state index is -1.25. The van der Waals surface area contributed by atoms with Crippen LogP contribution in [0.4, 0.5) is 4.79 Å². The molecule has 0 aliphatic heterocycles. The van der Waals surface area contributed by atoms with Gasteiger partial charge in [-0.25, -0.2) is 4.79 Å². The molecule has 0 aromatic carbocycles. The summed E-state index contributed by atoms with van der Waals surface area (Å²) >= 11 is 5.80. The van der Waals surface area contributed by atoms with Crippen LogP contribution in [0.5, 0.6) is 0 Å². The highest BCUT2D eigenvalue weighted by Gasteiger charge is 2.32. The summed E-state index contributed by atoms with van der Waals surface area (Å²) < 4.78 is 5.15. The Morgan fingerprint density at radius 2 is 2.00 bits per heavy atom. The molecule has 13 heavy (non-hydrogen) atoms. The first-order valence-electron chi connectivity index (χ1n) is 4.33. The molecule has 0 aromatic rings. The van der Waals surface area contributed by atoms with Gasteiger partial charge in [0.15, 0.2) is 6.00 Å². The maximum Gasteiger partial charge on any atom is 0.510 e. The van der Waals surface area contributed by atoms with Crippen molar-refractivity contribution in [2.24, 2.45) is 0 Å². The fourth-order valence-electron chi connectivity index (χ4n) is 1.26. The lowest BCUT2D eigenvalue weighted by atomic mass is 10.3. The molecule has 0 rings (SSSR count). The summed E-state index contributed by atoms with van der Waals surface area (Å²) in [5.74, 6) is 0. The quantitative estimate of drug-likeness (QED) is 0.249. The Bertz CT molecular complexity index is 163. The molecule has 0 saturated heterocycles. The van der Waals surface area contributed by atoms with Gasteiger partial charge < -0.3 is 9.84 Å². The number of carboxylic acid groups (broad SMARTS) is 1. The van der Waals surface area contributed by atoms with E-state index in [1.54, 1.807) is 6.92 Å². The summed E-state index contributed by atoms with van der Waals surface area (Å²) in [5.41, 5.74) is 0. The van der Waals surface area contributed by atoms with Gasteiger partial charge in [0.2, 0.25) is 6.23 Å². The van der Waals surface area contributed by atoms with Crippen LogP contribution in [0, 0.1) is 0 Å². The number of rotatable bonds is 5. The lowest BCUT2D eigenvalue weighted by Gasteiger charge is -2.38. The molecule has 4 nitrogen and oxygen atoms in total. The maximum atomic E-state index is 10.3. The third-order valence-corrected chi connectivity index (χ3v) is 3.02. The Balaban J connectivity index is 4.43.